The lowest BCUT2D eigenvalue weighted by Gasteiger charge is -2.12. The first-order valence-electron chi connectivity index (χ1n) is 5.98. The number of benzene rings is 1. The predicted molar refractivity (Wildman–Crippen MR) is 69.7 cm³/mol. The van der Waals surface area contributed by atoms with Crippen molar-refractivity contribution in [2.45, 2.75) is 13.8 Å². The van der Waals surface area contributed by atoms with Crippen molar-refractivity contribution in [2.24, 2.45) is 5.92 Å². The Morgan fingerprint density at radius 3 is 2.32 bits per heavy atom. The lowest BCUT2D eigenvalue weighted by molar-refractivity contribution is -0.145. The molecule has 1 aromatic carbocycles. The van der Waals surface area contributed by atoms with E-state index >= 15 is 0 Å². The molecule has 0 N–H and O–H groups in total. The Labute approximate surface area is 112 Å². The van der Waals surface area contributed by atoms with Crippen LogP contribution in [0.3, 0.4) is 0 Å². The molecule has 19 heavy (non-hydrogen) atoms. The lowest BCUT2D eigenvalue weighted by atomic mass is 9.99. The maximum Gasteiger partial charge on any atom is 0.316 e. The van der Waals surface area contributed by atoms with Gasteiger partial charge < -0.3 is 14.2 Å². The highest BCUT2D eigenvalue weighted by Gasteiger charge is 2.24. The summed E-state index contributed by atoms with van der Waals surface area (Å²) < 4.78 is 15.0. The summed E-state index contributed by atoms with van der Waals surface area (Å²) in [5.74, 6) is -0.688. The zero-order chi connectivity index (χ0) is 14.4. The number of hydrogen-bond donors (Lipinski definition) is 0. The van der Waals surface area contributed by atoms with Gasteiger partial charge in [0.15, 0.2) is 17.3 Å². The van der Waals surface area contributed by atoms with Crippen LogP contribution < -0.4 is 9.47 Å². The number of carbonyl (C=O) groups excluding carboxylic acids is 2. The summed E-state index contributed by atoms with van der Waals surface area (Å²) in [5.41, 5.74) is 0.387. The molecule has 0 radical (unpaired) electrons. The molecule has 0 heterocycles. The Hall–Kier alpha value is -2.04. The van der Waals surface area contributed by atoms with E-state index in [1.165, 1.54) is 21.1 Å². The highest BCUT2D eigenvalue weighted by atomic mass is 16.5. The van der Waals surface area contributed by atoms with E-state index in [1.807, 2.05) is 0 Å². The molecular weight excluding hydrogens is 248 g/mol. The van der Waals surface area contributed by atoms with Crippen LogP contribution in [0.25, 0.3) is 0 Å². The van der Waals surface area contributed by atoms with Gasteiger partial charge in [-0.25, -0.2) is 0 Å². The van der Waals surface area contributed by atoms with Gasteiger partial charge in [0, 0.05) is 5.56 Å². The summed E-state index contributed by atoms with van der Waals surface area (Å²) in [5, 5.41) is 0. The van der Waals surface area contributed by atoms with Crippen molar-refractivity contribution in [2.75, 3.05) is 20.8 Å². The third kappa shape index (κ3) is 3.47. The molecule has 5 heteroatoms. The van der Waals surface area contributed by atoms with E-state index in [4.69, 9.17) is 14.2 Å². The van der Waals surface area contributed by atoms with Crippen LogP contribution in [-0.4, -0.2) is 32.6 Å². The van der Waals surface area contributed by atoms with Crippen LogP contribution >= 0.6 is 0 Å². The topological polar surface area (TPSA) is 61.8 Å². The zero-order valence-electron chi connectivity index (χ0n) is 11.6. The van der Waals surface area contributed by atoms with Gasteiger partial charge >= 0.3 is 5.97 Å². The molecule has 0 fully saturated rings. The summed E-state index contributed by atoms with van der Waals surface area (Å²) in [6.45, 7) is 3.48. The smallest absolute Gasteiger partial charge is 0.316 e. The fourth-order valence-electron chi connectivity index (χ4n) is 1.61. The van der Waals surface area contributed by atoms with E-state index in [9.17, 15) is 9.59 Å². The van der Waals surface area contributed by atoms with Gasteiger partial charge in [-0.2, -0.15) is 0 Å². The number of hydrogen-bond acceptors (Lipinski definition) is 5. The van der Waals surface area contributed by atoms with Crippen LogP contribution in [0, 0.1) is 5.92 Å². The summed E-state index contributed by atoms with van der Waals surface area (Å²) in [4.78, 5) is 23.7. The molecule has 0 bridgehead atoms. The second kappa shape index (κ2) is 6.78. The molecule has 0 aliphatic heterocycles. The van der Waals surface area contributed by atoms with Crippen LogP contribution in [0.2, 0.25) is 0 Å². The van der Waals surface area contributed by atoms with Gasteiger partial charge in [-0.1, -0.05) is 0 Å². The molecule has 0 aliphatic rings. The molecule has 1 atom stereocenters. The van der Waals surface area contributed by atoms with Crippen molar-refractivity contribution in [1.29, 1.82) is 0 Å². The maximum absolute atomic E-state index is 12.1. The quantitative estimate of drug-likeness (QED) is 0.448. The number of Topliss-reactive ketones (excluding diaryl/α,β-unsaturated/α-hetero) is 1. The van der Waals surface area contributed by atoms with Gasteiger partial charge in [0.1, 0.15) is 5.92 Å². The van der Waals surface area contributed by atoms with E-state index < -0.39 is 11.9 Å². The molecule has 0 unspecified atom stereocenters. The van der Waals surface area contributed by atoms with Crippen molar-refractivity contribution in [3.05, 3.63) is 23.8 Å². The molecule has 1 rings (SSSR count). The highest BCUT2D eigenvalue weighted by molar-refractivity contribution is 6.08. The summed E-state index contributed by atoms with van der Waals surface area (Å²) in [6.07, 6.45) is 0. The van der Waals surface area contributed by atoms with Crippen LogP contribution in [0.15, 0.2) is 18.2 Å². The van der Waals surface area contributed by atoms with Crippen LogP contribution in [0.4, 0.5) is 0 Å². The molecule has 0 aliphatic carbocycles. The monoisotopic (exact) mass is 266 g/mol. The third-order valence-electron chi connectivity index (χ3n) is 2.70. The number of esters is 1. The number of methoxy groups -OCH3 is 2. The van der Waals surface area contributed by atoms with Crippen molar-refractivity contribution in [1.82, 2.24) is 0 Å². The molecular formula is C14H18O5. The standard InChI is InChI=1S/C14H18O5/c1-5-19-14(16)9(2)13(15)10-6-7-11(17-3)12(8-10)18-4/h6-9H,5H2,1-4H3/t9-/m1/s1. The fourth-order valence-corrected chi connectivity index (χ4v) is 1.61. The second-order valence-corrected chi connectivity index (χ2v) is 3.91. The zero-order valence-corrected chi connectivity index (χ0v) is 11.6. The Morgan fingerprint density at radius 2 is 1.79 bits per heavy atom. The van der Waals surface area contributed by atoms with Crippen molar-refractivity contribution in [3.63, 3.8) is 0 Å². The van der Waals surface area contributed by atoms with E-state index in [0.29, 0.717) is 17.1 Å². The van der Waals surface area contributed by atoms with E-state index in [-0.39, 0.29) is 12.4 Å². The van der Waals surface area contributed by atoms with Gasteiger partial charge in [0.05, 0.1) is 20.8 Å². The second-order valence-electron chi connectivity index (χ2n) is 3.91. The molecule has 5 nitrogen and oxygen atoms in total. The van der Waals surface area contributed by atoms with Crippen molar-refractivity contribution in [3.8, 4) is 11.5 Å². The van der Waals surface area contributed by atoms with Crippen LogP contribution in [0.1, 0.15) is 24.2 Å². The van der Waals surface area contributed by atoms with E-state index in [2.05, 4.69) is 0 Å². The van der Waals surface area contributed by atoms with E-state index in [1.54, 1.807) is 25.1 Å². The largest absolute Gasteiger partial charge is 0.493 e. The minimum atomic E-state index is -0.835. The molecule has 0 saturated heterocycles. The minimum absolute atomic E-state index is 0.252. The average molecular weight is 266 g/mol. The number of ketones is 1. The maximum atomic E-state index is 12.1. The number of rotatable bonds is 6. The number of ether oxygens (including phenoxy) is 3. The third-order valence-corrected chi connectivity index (χ3v) is 2.70. The van der Waals surface area contributed by atoms with Gasteiger partial charge in [-0.05, 0) is 32.0 Å². The Balaban J connectivity index is 2.97. The SMILES string of the molecule is CCOC(=O)[C@H](C)C(=O)c1ccc(OC)c(OC)c1. The lowest BCUT2D eigenvalue weighted by Crippen LogP contribution is -2.23. The average Bonchev–Trinajstić information content (AvgIpc) is 2.45. The van der Waals surface area contributed by atoms with Gasteiger partial charge in [-0.3, -0.25) is 9.59 Å². The molecule has 0 amide bonds. The van der Waals surface area contributed by atoms with Crippen molar-refractivity contribution >= 4 is 11.8 Å². The van der Waals surface area contributed by atoms with Gasteiger partial charge in [0.2, 0.25) is 0 Å². The van der Waals surface area contributed by atoms with Crippen molar-refractivity contribution < 1.29 is 23.8 Å². The van der Waals surface area contributed by atoms with Gasteiger partial charge in [-0.15, -0.1) is 0 Å². The molecule has 1 aromatic rings. The van der Waals surface area contributed by atoms with Gasteiger partial charge in [0.25, 0.3) is 0 Å². The van der Waals surface area contributed by atoms with Crippen LogP contribution in [0.5, 0.6) is 11.5 Å². The number of carbonyl (C=O) groups is 2. The summed E-state index contributed by atoms with van der Waals surface area (Å²) >= 11 is 0. The molecule has 0 aromatic heterocycles. The van der Waals surface area contributed by atoms with Crippen LogP contribution in [-0.2, 0) is 9.53 Å². The normalized spacial score (nSPS) is 11.6. The summed E-state index contributed by atoms with van der Waals surface area (Å²) in [6, 6.07) is 4.78. The summed E-state index contributed by atoms with van der Waals surface area (Å²) in [7, 11) is 3.00. The first-order valence-corrected chi connectivity index (χ1v) is 5.98. The first-order chi connectivity index (χ1) is 9.04. The molecule has 0 saturated carbocycles. The Morgan fingerprint density at radius 1 is 1.16 bits per heavy atom. The predicted octanol–water partition coefficient (Wildman–Crippen LogP) is 2.09. The molecule has 0 spiro atoms. The van der Waals surface area contributed by atoms with E-state index in [0.717, 1.165) is 0 Å². The minimum Gasteiger partial charge on any atom is -0.493 e. The first kappa shape index (κ1) is 15.0. The highest BCUT2D eigenvalue weighted by Crippen LogP contribution is 2.28. The Bertz CT molecular complexity index is 467. The Kier molecular flexibility index (Phi) is 5.36. The molecule has 104 valence electrons. The fraction of sp³-hybridized carbons (Fsp3) is 0.429.